The maximum Gasteiger partial charge on any atom is 0.232 e. The molecular weight excluding hydrogens is 466 g/mol. The van der Waals surface area contributed by atoms with Crippen LogP contribution in [0.15, 0.2) is 54.6 Å². The Morgan fingerprint density at radius 2 is 1.89 bits per heavy atom. The fourth-order valence-corrected chi connectivity index (χ4v) is 5.56. The molecule has 0 aromatic heterocycles. The molecule has 2 aliphatic rings. The van der Waals surface area contributed by atoms with Crippen LogP contribution in [-0.2, 0) is 16.4 Å². The van der Waals surface area contributed by atoms with Crippen molar-refractivity contribution in [2.45, 2.75) is 12.5 Å². The highest BCUT2D eigenvalue weighted by Crippen LogP contribution is 2.39. The Balaban J connectivity index is 1.13. The van der Waals surface area contributed by atoms with Gasteiger partial charge in [-0.2, -0.15) is 0 Å². The number of anilines is 2. The van der Waals surface area contributed by atoms with Crippen molar-refractivity contribution in [3.63, 3.8) is 0 Å². The van der Waals surface area contributed by atoms with Gasteiger partial charge in [0.15, 0.2) is 0 Å². The highest BCUT2D eigenvalue weighted by Gasteiger charge is 2.26. The summed E-state index contributed by atoms with van der Waals surface area (Å²) in [6.07, 6.45) is 1.22. The van der Waals surface area contributed by atoms with Gasteiger partial charge in [0.2, 0.25) is 10.0 Å². The number of aliphatic hydroxyl groups excluding tert-OH is 1. The fraction of sp³-hybridized carbons (Fsp3) is 0.308. The monoisotopic (exact) mass is 495 g/mol. The van der Waals surface area contributed by atoms with Crippen molar-refractivity contribution in [1.82, 2.24) is 5.32 Å². The van der Waals surface area contributed by atoms with Crippen LogP contribution in [0.2, 0.25) is 0 Å². The first-order valence-electron chi connectivity index (χ1n) is 11.6. The van der Waals surface area contributed by atoms with E-state index in [4.69, 9.17) is 15.2 Å². The number of sulfonamides is 1. The van der Waals surface area contributed by atoms with E-state index < -0.39 is 16.1 Å². The van der Waals surface area contributed by atoms with Crippen LogP contribution < -0.4 is 24.8 Å². The Kier molecular flexibility index (Phi) is 6.31. The molecule has 9 heteroatoms. The first-order chi connectivity index (χ1) is 16.8. The summed E-state index contributed by atoms with van der Waals surface area (Å²) < 4.78 is 37.0. The summed E-state index contributed by atoms with van der Waals surface area (Å²) in [5, 5.41) is 13.8. The third-order valence-corrected chi connectivity index (χ3v) is 7.53. The summed E-state index contributed by atoms with van der Waals surface area (Å²) in [7, 11) is -3.42. The Bertz CT molecular complexity index is 1360. The summed E-state index contributed by atoms with van der Waals surface area (Å²) in [6, 6.07) is 17.3. The second kappa shape index (κ2) is 9.41. The second-order valence-corrected chi connectivity index (χ2v) is 10.8. The molecule has 0 saturated heterocycles. The van der Waals surface area contributed by atoms with E-state index in [1.54, 1.807) is 18.2 Å². The number of hydrogen-bond donors (Lipinski definition) is 3. The van der Waals surface area contributed by atoms with E-state index in [2.05, 4.69) is 23.5 Å². The van der Waals surface area contributed by atoms with Crippen molar-refractivity contribution in [3.05, 3.63) is 71.3 Å². The molecule has 0 saturated carbocycles. The predicted molar refractivity (Wildman–Crippen MR) is 137 cm³/mol. The quantitative estimate of drug-likeness (QED) is 0.254. The molecule has 0 bridgehead atoms. The highest BCUT2D eigenvalue weighted by molar-refractivity contribution is 7.92. The number of nitrogens with one attached hydrogen (secondary N) is 1. The summed E-state index contributed by atoms with van der Waals surface area (Å²) in [5.74, 6) is 1.31. The molecular formula is C26H29N3O5S. The van der Waals surface area contributed by atoms with Crippen LogP contribution in [0.5, 0.6) is 11.5 Å². The molecule has 1 aliphatic heterocycles. The molecule has 5 rings (SSSR count). The molecule has 3 aromatic carbocycles. The van der Waals surface area contributed by atoms with E-state index in [-0.39, 0.29) is 6.54 Å². The molecule has 0 amide bonds. The number of nitrogens with zero attached hydrogens (tertiary/aromatic N) is 1. The minimum atomic E-state index is -3.42. The van der Waals surface area contributed by atoms with Crippen LogP contribution in [0.25, 0.3) is 11.1 Å². The van der Waals surface area contributed by atoms with Gasteiger partial charge in [0, 0.05) is 18.8 Å². The summed E-state index contributed by atoms with van der Waals surface area (Å²) in [6.45, 7) is 1.86. The van der Waals surface area contributed by atoms with Crippen molar-refractivity contribution in [1.29, 1.82) is 0 Å². The van der Waals surface area contributed by atoms with Crippen molar-refractivity contribution in [3.8, 4) is 22.6 Å². The Labute approximate surface area is 205 Å². The van der Waals surface area contributed by atoms with Gasteiger partial charge < -0.3 is 25.6 Å². The Hall–Kier alpha value is -3.27. The maximum atomic E-state index is 12.1. The van der Waals surface area contributed by atoms with Crippen LogP contribution in [0, 0.1) is 0 Å². The van der Waals surface area contributed by atoms with Crippen molar-refractivity contribution in [2.24, 2.45) is 0 Å². The van der Waals surface area contributed by atoms with Gasteiger partial charge in [0.1, 0.15) is 24.7 Å². The zero-order valence-corrected chi connectivity index (χ0v) is 20.3. The highest BCUT2D eigenvalue weighted by atomic mass is 32.2. The average Bonchev–Trinajstić information content (AvgIpc) is 3.18. The van der Waals surface area contributed by atoms with Crippen LogP contribution in [0.4, 0.5) is 11.4 Å². The molecule has 4 N–H and O–H groups in total. The van der Waals surface area contributed by atoms with Crippen LogP contribution >= 0.6 is 0 Å². The molecule has 0 spiro atoms. The number of fused-ring (bicyclic) bond motifs is 4. The molecule has 184 valence electrons. The van der Waals surface area contributed by atoms with Crippen molar-refractivity contribution < 1.29 is 23.0 Å². The van der Waals surface area contributed by atoms with Gasteiger partial charge in [-0.15, -0.1) is 0 Å². The van der Waals surface area contributed by atoms with Crippen LogP contribution in [0.1, 0.15) is 22.8 Å². The zero-order chi connectivity index (χ0) is 24.6. The molecule has 8 nitrogen and oxygen atoms in total. The lowest BCUT2D eigenvalue weighted by molar-refractivity contribution is 0.172. The Morgan fingerprint density at radius 3 is 2.69 bits per heavy atom. The van der Waals surface area contributed by atoms with Gasteiger partial charge in [-0.25, -0.2) is 8.42 Å². The summed E-state index contributed by atoms with van der Waals surface area (Å²) in [4.78, 5) is 0. The minimum absolute atomic E-state index is 0.254. The number of ether oxygens (including phenoxy) is 2. The minimum Gasteiger partial charge on any atom is -0.492 e. The van der Waals surface area contributed by atoms with E-state index in [0.29, 0.717) is 43.3 Å². The van der Waals surface area contributed by atoms with E-state index in [1.807, 2.05) is 18.2 Å². The van der Waals surface area contributed by atoms with E-state index in [0.717, 1.165) is 17.9 Å². The van der Waals surface area contributed by atoms with E-state index >= 15 is 0 Å². The standard InChI is InChI=1S/C26H29N3O5S/c1-35(31,32)29-9-11-34-26-7-2-17(15-24(26)29)25(30)16-28-8-10-33-21-4-6-23-19(14-21)12-18-13-20(27)3-5-22(18)23/h2-7,13-15,25,28,30H,8-12,16,27H2,1H3/t25-/m0/s1. The number of rotatable bonds is 8. The van der Waals surface area contributed by atoms with Gasteiger partial charge in [0.05, 0.1) is 24.6 Å². The topological polar surface area (TPSA) is 114 Å². The lowest BCUT2D eigenvalue weighted by Gasteiger charge is -2.30. The largest absolute Gasteiger partial charge is 0.492 e. The number of nitrogens with two attached hydrogens (primary N) is 1. The van der Waals surface area contributed by atoms with Crippen LogP contribution in [0.3, 0.4) is 0 Å². The normalized spacial score (nSPS) is 15.1. The second-order valence-electron chi connectivity index (χ2n) is 8.89. The SMILES string of the molecule is CS(=O)(=O)N1CCOc2ccc([C@@H](O)CNCCOc3ccc4c(c3)Cc3cc(N)ccc3-4)cc21. The first kappa shape index (κ1) is 23.5. The third-order valence-electron chi connectivity index (χ3n) is 6.35. The van der Waals surface area contributed by atoms with Gasteiger partial charge in [-0.05, 0) is 70.6 Å². The smallest absolute Gasteiger partial charge is 0.232 e. The number of aliphatic hydroxyl groups is 1. The number of nitrogen functional groups attached to an aromatic ring is 1. The van der Waals surface area contributed by atoms with Gasteiger partial charge >= 0.3 is 0 Å². The molecule has 3 aromatic rings. The first-order valence-corrected chi connectivity index (χ1v) is 13.4. The van der Waals surface area contributed by atoms with Crippen LogP contribution in [-0.4, -0.2) is 52.6 Å². The Morgan fingerprint density at radius 1 is 1.11 bits per heavy atom. The molecule has 0 fully saturated rings. The maximum absolute atomic E-state index is 12.1. The molecule has 0 unspecified atom stereocenters. The lowest BCUT2D eigenvalue weighted by Crippen LogP contribution is -2.37. The van der Waals surface area contributed by atoms with Gasteiger partial charge in [-0.1, -0.05) is 18.2 Å². The lowest BCUT2D eigenvalue weighted by atomic mass is 10.1. The zero-order valence-electron chi connectivity index (χ0n) is 19.5. The van der Waals surface area contributed by atoms with Crippen molar-refractivity contribution >= 4 is 21.4 Å². The third kappa shape index (κ3) is 4.93. The fourth-order valence-electron chi connectivity index (χ4n) is 4.66. The van der Waals surface area contributed by atoms with Gasteiger partial charge in [0.25, 0.3) is 0 Å². The summed E-state index contributed by atoms with van der Waals surface area (Å²) in [5.41, 5.74) is 12.7. The molecule has 35 heavy (non-hydrogen) atoms. The number of hydrogen-bond acceptors (Lipinski definition) is 7. The van der Waals surface area contributed by atoms with Gasteiger partial charge in [-0.3, -0.25) is 4.31 Å². The van der Waals surface area contributed by atoms with Crippen molar-refractivity contribution in [2.75, 3.05) is 49.1 Å². The summed E-state index contributed by atoms with van der Waals surface area (Å²) >= 11 is 0. The van der Waals surface area contributed by atoms with E-state index in [9.17, 15) is 13.5 Å². The number of benzene rings is 3. The molecule has 1 atom stereocenters. The average molecular weight is 496 g/mol. The molecule has 1 heterocycles. The molecule has 1 aliphatic carbocycles. The molecule has 0 radical (unpaired) electrons. The predicted octanol–water partition coefficient (Wildman–Crippen LogP) is 2.70. The van der Waals surface area contributed by atoms with E-state index in [1.165, 1.54) is 32.8 Å².